The van der Waals surface area contributed by atoms with Gasteiger partial charge in [-0.15, -0.1) is 0 Å². The average Bonchev–Trinajstić information content (AvgIpc) is 2.02. The van der Waals surface area contributed by atoms with Crippen molar-refractivity contribution in [3.8, 4) is 0 Å². The van der Waals surface area contributed by atoms with Crippen molar-refractivity contribution in [2.45, 2.75) is 0 Å². The Hall–Kier alpha value is -1.45. The lowest BCUT2D eigenvalue weighted by Crippen LogP contribution is -1.97. The molecule has 0 aliphatic carbocycles. The van der Waals surface area contributed by atoms with E-state index >= 15 is 0 Å². The van der Waals surface area contributed by atoms with E-state index < -0.39 is 23.0 Å². The van der Waals surface area contributed by atoms with Gasteiger partial charge in [-0.1, -0.05) is 6.58 Å². The number of hydrogen-bond donors (Lipinski definition) is 0. The summed E-state index contributed by atoms with van der Waals surface area (Å²) in [5.74, 6) is -3.19. The van der Waals surface area contributed by atoms with Crippen LogP contribution >= 0.6 is 0 Å². The second kappa shape index (κ2) is 3.51. The van der Waals surface area contributed by atoms with Gasteiger partial charge in [0.05, 0.1) is 12.7 Å². The summed E-state index contributed by atoms with van der Waals surface area (Å²) in [5, 5.41) is 0. The summed E-state index contributed by atoms with van der Waals surface area (Å²) in [5.41, 5.74) is -0.441. The Labute approximate surface area is 73.4 Å². The van der Waals surface area contributed by atoms with Crippen molar-refractivity contribution in [1.29, 1.82) is 0 Å². The molecule has 0 aliphatic heterocycles. The molecule has 1 aromatic rings. The number of halogens is 3. The molecule has 0 spiro atoms. The molecule has 70 valence electrons. The molecule has 0 unspecified atom stereocenters. The van der Waals surface area contributed by atoms with Crippen molar-refractivity contribution in [3.05, 3.63) is 41.7 Å². The van der Waals surface area contributed by atoms with Gasteiger partial charge in [0.2, 0.25) is 0 Å². The molecule has 0 bridgehead atoms. The third-order valence-corrected chi connectivity index (χ3v) is 1.53. The van der Waals surface area contributed by atoms with Crippen molar-refractivity contribution in [2.75, 3.05) is 7.11 Å². The highest BCUT2D eigenvalue weighted by atomic mass is 19.1. The van der Waals surface area contributed by atoms with Crippen LogP contribution in [-0.4, -0.2) is 7.11 Å². The van der Waals surface area contributed by atoms with Crippen molar-refractivity contribution in [3.63, 3.8) is 0 Å². The van der Waals surface area contributed by atoms with E-state index in [2.05, 4.69) is 11.3 Å². The van der Waals surface area contributed by atoms with Gasteiger partial charge in [0, 0.05) is 12.1 Å². The van der Waals surface area contributed by atoms with Crippen LogP contribution in [0.4, 0.5) is 13.2 Å². The number of hydrogen-bond acceptors (Lipinski definition) is 1. The minimum atomic E-state index is -1.02. The fourth-order valence-corrected chi connectivity index (χ4v) is 0.911. The summed E-state index contributed by atoms with van der Waals surface area (Å²) in [6.45, 7) is 3.27. The van der Waals surface area contributed by atoms with E-state index in [0.717, 1.165) is 0 Å². The lowest BCUT2D eigenvalue weighted by Gasteiger charge is -2.06. The van der Waals surface area contributed by atoms with E-state index in [-0.39, 0.29) is 5.76 Å². The maximum absolute atomic E-state index is 12.9. The second-order valence-corrected chi connectivity index (χ2v) is 2.37. The highest BCUT2D eigenvalue weighted by Gasteiger charge is 2.14. The zero-order valence-electron chi connectivity index (χ0n) is 6.90. The normalized spacial score (nSPS) is 9.85. The van der Waals surface area contributed by atoms with Crippen LogP contribution in [0, 0.1) is 17.5 Å². The molecule has 0 fully saturated rings. The molecule has 0 saturated heterocycles. The highest BCUT2D eigenvalue weighted by molar-refractivity contribution is 5.58. The van der Waals surface area contributed by atoms with Crippen molar-refractivity contribution in [1.82, 2.24) is 0 Å². The van der Waals surface area contributed by atoms with Crippen LogP contribution in [0.15, 0.2) is 18.7 Å². The van der Waals surface area contributed by atoms with Gasteiger partial charge in [0.15, 0.2) is 0 Å². The predicted molar refractivity (Wildman–Crippen MR) is 42.4 cm³/mol. The quantitative estimate of drug-likeness (QED) is 0.648. The van der Waals surface area contributed by atoms with Crippen LogP contribution < -0.4 is 0 Å². The van der Waals surface area contributed by atoms with Crippen molar-refractivity contribution >= 4 is 5.76 Å². The molecule has 0 amide bonds. The fraction of sp³-hybridized carbons (Fsp3) is 0.111. The van der Waals surface area contributed by atoms with E-state index in [1.165, 1.54) is 7.11 Å². The van der Waals surface area contributed by atoms with Gasteiger partial charge in [-0.2, -0.15) is 0 Å². The smallest absolute Gasteiger partial charge is 0.140 e. The van der Waals surface area contributed by atoms with E-state index in [4.69, 9.17) is 0 Å². The number of methoxy groups -OCH3 is 1. The first-order chi connectivity index (χ1) is 6.06. The van der Waals surface area contributed by atoms with Gasteiger partial charge in [-0.25, -0.2) is 13.2 Å². The monoisotopic (exact) mass is 188 g/mol. The second-order valence-electron chi connectivity index (χ2n) is 2.37. The van der Waals surface area contributed by atoms with Crippen molar-refractivity contribution in [2.24, 2.45) is 0 Å². The molecular formula is C9H7F3O. The molecule has 13 heavy (non-hydrogen) atoms. The third-order valence-electron chi connectivity index (χ3n) is 1.53. The largest absolute Gasteiger partial charge is 0.497 e. The molecule has 1 rings (SSSR count). The molecule has 0 radical (unpaired) electrons. The van der Waals surface area contributed by atoms with Crippen LogP contribution in [0.1, 0.15) is 5.56 Å². The first kappa shape index (κ1) is 9.64. The van der Waals surface area contributed by atoms with E-state index in [1.807, 2.05) is 0 Å². The molecule has 0 aliphatic rings. The van der Waals surface area contributed by atoms with Crippen LogP contribution in [-0.2, 0) is 4.74 Å². The SMILES string of the molecule is C=C(OC)c1c(F)cc(F)cc1F. The maximum Gasteiger partial charge on any atom is 0.140 e. The van der Waals surface area contributed by atoms with E-state index in [9.17, 15) is 13.2 Å². The summed E-state index contributed by atoms with van der Waals surface area (Å²) in [7, 11) is 1.23. The Kier molecular flexibility index (Phi) is 2.60. The minimum absolute atomic E-state index is 0.171. The third kappa shape index (κ3) is 1.83. The Morgan fingerprint density at radius 1 is 1.23 bits per heavy atom. The van der Waals surface area contributed by atoms with Crippen molar-refractivity contribution < 1.29 is 17.9 Å². The molecule has 1 aromatic carbocycles. The van der Waals surface area contributed by atoms with Crippen LogP contribution in [0.2, 0.25) is 0 Å². The minimum Gasteiger partial charge on any atom is -0.497 e. The summed E-state index contributed by atoms with van der Waals surface area (Å²) >= 11 is 0. The fourth-order valence-electron chi connectivity index (χ4n) is 0.911. The van der Waals surface area contributed by atoms with Gasteiger partial charge in [-0.3, -0.25) is 0 Å². The Balaban J connectivity index is 3.28. The predicted octanol–water partition coefficient (Wildman–Crippen LogP) is 2.72. The Morgan fingerprint density at radius 3 is 2.08 bits per heavy atom. The topological polar surface area (TPSA) is 9.23 Å². The van der Waals surface area contributed by atoms with Gasteiger partial charge < -0.3 is 4.74 Å². The number of benzene rings is 1. The Morgan fingerprint density at radius 2 is 1.69 bits per heavy atom. The summed E-state index contributed by atoms with van der Waals surface area (Å²) < 4.78 is 42.8. The molecule has 0 saturated carbocycles. The van der Waals surface area contributed by atoms with Gasteiger partial charge >= 0.3 is 0 Å². The molecule has 1 nitrogen and oxygen atoms in total. The molecule has 0 atom stereocenters. The summed E-state index contributed by atoms with van der Waals surface area (Å²) in [6.07, 6.45) is 0. The number of ether oxygens (including phenoxy) is 1. The molecule has 0 heterocycles. The lowest BCUT2D eigenvalue weighted by atomic mass is 10.1. The van der Waals surface area contributed by atoms with Gasteiger partial charge in [-0.05, 0) is 0 Å². The van der Waals surface area contributed by atoms with Gasteiger partial charge in [0.1, 0.15) is 23.2 Å². The average molecular weight is 188 g/mol. The van der Waals surface area contributed by atoms with E-state index in [1.54, 1.807) is 0 Å². The highest BCUT2D eigenvalue weighted by Crippen LogP contribution is 2.21. The van der Waals surface area contributed by atoms with E-state index in [0.29, 0.717) is 12.1 Å². The zero-order chi connectivity index (χ0) is 10.0. The van der Waals surface area contributed by atoms with Gasteiger partial charge in [0.25, 0.3) is 0 Å². The van der Waals surface area contributed by atoms with Crippen LogP contribution in [0.25, 0.3) is 5.76 Å². The van der Waals surface area contributed by atoms with Crippen LogP contribution in [0.3, 0.4) is 0 Å². The maximum atomic E-state index is 12.9. The molecule has 0 aromatic heterocycles. The zero-order valence-corrected chi connectivity index (χ0v) is 6.90. The first-order valence-electron chi connectivity index (χ1n) is 3.44. The Bertz CT molecular complexity index is 324. The number of rotatable bonds is 2. The molecular weight excluding hydrogens is 181 g/mol. The summed E-state index contributed by atoms with van der Waals surface area (Å²) in [4.78, 5) is 0. The lowest BCUT2D eigenvalue weighted by molar-refractivity contribution is 0.364. The molecule has 0 N–H and O–H groups in total. The first-order valence-corrected chi connectivity index (χ1v) is 3.44. The standard InChI is InChI=1S/C9H7F3O/c1-5(13-2)9-7(11)3-6(10)4-8(9)12/h3-4H,1H2,2H3. The molecule has 4 heteroatoms. The van der Waals surface area contributed by atoms with Crippen LogP contribution in [0.5, 0.6) is 0 Å². The summed E-state index contributed by atoms with van der Waals surface area (Å²) in [6, 6.07) is 1.14.